The highest BCUT2D eigenvalue weighted by atomic mass is 127. The molecule has 0 atom stereocenters. The number of aromatic carboxylic acids is 1. The lowest BCUT2D eigenvalue weighted by atomic mass is 10.4. The Morgan fingerprint density at radius 1 is 1.41 bits per heavy atom. The van der Waals surface area contributed by atoms with Crippen molar-refractivity contribution >= 4 is 40.3 Å². The van der Waals surface area contributed by atoms with Crippen LogP contribution in [-0.4, -0.2) is 51.7 Å². The SMILES string of the molecule is O=C(O)c1cc(I)cn1CCN1CCSCC1. The summed E-state index contributed by atoms with van der Waals surface area (Å²) < 4.78 is 2.82. The predicted molar refractivity (Wildman–Crippen MR) is 77.9 cm³/mol. The third kappa shape index (κ3) is 3.62. The Labute approximate surface area is 118 Å². The fourth-order valence-electron chi connectivity index (χ4n) is 1.91. The third-order valence-corrected chi connectivity index (χ3v) is 4.38. The predicted octanol–water partition coefficient (Wildman–Crippen LogP) is 1.84. The highest BCUT2D eigenvalue weighted by Crippen LogP contribution is 2.13. The summed E-state index contributed by atoms with van der Waals surface area (Å²) in [7, 11) is 0. The van der Waals surface area contributed by atoms with Crippen LogP contribution in [0.3, 0.4) is 0 Å². The van der Waals surface area contributed by atoms with E-state index >= 15 is 0 Å². The first-order chi connectivity index (χ1) is 8.16. The molecule has 1 saturated heterocycles. The largest absolute Gasteiger partial charge is 0.477 e. The third-order valence-electron chi connectivity index (χ3n) is 2.84. The van der Waals surface area contributed by atoms with Crippen molar-refractivity contribution < 1.29 is 9.90 Å². The fourth-order valence-corrected chi connectivity index (χ4v) is 3.52. The lowest BCUT2D eigenvalue weighted by Gasteiger charge is -2.26. The first kappa shape index (κ1) is 13.2. The molecule has 2 rings (SSSR count). The van der Waals surface area contributed by atoms with E-state index in [-0.39, 0.29) is 0 Å². The first-order valence-corrected chi connectivity index (χ1v) is 7.79. The van der Waals surface area contributed by atoms with Gasteiger partial charge in [-0.3, -0.25) is 4.90 Å². The summed E-state index contributed by atoms with van der Waals surface area (Å²) in [5, 5.41) is 9.07. The molecule has 0 radical (unpaired) electrons. The van der Waals surface area contributed by atoms with Crippen LogP contribution in [-0.2, 0) is 6.54 Å². The van der Waals surface area contributed by atoms with Crippen LogP contribution in [0.2, 0.25) is 0 Å². The zero-order chi connectivity index (χ0) is 12.3. The molecule has 0 bridgehead atoms. The number of halogens is 1. The molecule has 17 heavy (non-hydrogen) atoms. The van der Waals surface area contributed by atoms with E-state index in [1.165, 1.54) is 11.5 Å². The fraction of sp³-hybridized carbons (Fsp3) is 0.545. The van der Waals surface area contributed by atoms with E-state index in [1.807, 2.05) is 22.5 Å². The number of rotatable bonds is 4. The molecule has 1 aromatic rings. The van der Waals surface area contributed by atoms with Crippen LogP contribution in [0.25, 0.3) is 0 Å². The molecule has 1 aromatic heterocycles. The van der Waals surface area contributed by atoms with Crippen LogP contribution in [0, 0.1) is 3.57 Å². The monoisotopic (exact) mass is 366 g/mol. The molecule has 0 unspecified atom stereocenters. The lowest BCUT2D eigenvalue weighted by molar-refractivity contribution is 0.0684. The molecule has 94 valence electrons. The topological polar surface area (TPSA) is 45.5 Å². The average Bonchev–Trinajstić information content (AvgIpc) is 2.69. The highest BCUT2D eigenvalue weighted by Gasteiger charge is 2.14. The van der Waals surface area contributed by atoms with Gasteiger partial charge in [0.05, 0.1) is 0 Å². The maximum Gasteiger partial charge on any atom is 0.352 e. The van der Waals surface area contributed by atoms with Gasteiger partial charge >= 0.3 is 5.97 Å². The Balaban J connectivity index is 1.95. The van der Waals surface area contributed by atoms with Crippen LogP contribution in [0.1, 0.15) is 10.5 Å². The zero-order valence-electron chi connectivity index (χ0n) is 9.43. The molecular weight excluding hydrogens is 351 g/mol. The molecule has 1 aliphatic rings. The first-order valence-electron chi connectivity index (χ1n) is 5.56. The summed E-state index contributed by atoms with van der Waals surface area (Å²) in [6.07, 6.45) is 1.91. The number of nitrogens with zero attached hydrogens (tertiary/aromatic N) is 2. The van der Waals surface area contributed by atoms with E-state index in [0.29, 0.717) is 5.69 Å². The number of thioether (sulfide) groups is 1. The molecule has 2 heterocycles. The van der Waals surface area contributed by atoms with E-state index in [0.717, 1.165) is 29.7 Å². The van der Waals surface area contributed by atoms with Gasteiger partial charge in [-0.15, -0.1) is 0 Å². The van der Waals surface area contributed by atoms with Crippen molar-refractivity contribution in [3.8, 4) is 0 Å². The van der Waals surface area contributed by atoms with Gasteiger partial charge in [-0.05, 0) is 28.7 Å². The number of aromatic nitrogens is 1. The van der Waals surface area contributed by atoms with Crippen LogP contribution in [0.4, 0.5) is 0 Å². The van der Waals surface area contributed by atoms with Gasteiger partial charge in [0.1, 0.15) is 5.69 Å². The molecule has 1 N–H and O–H groups in total. The van der Waals surface area contributed by atoms with Gasteiger partial charge in [0.15, 0.2) is 0 Å². The molecule has 0 aromatic carbocycles. The summed E-state index contributed by atoms with van der Waals surface area (Å²) in [4.78, 5) is 13.4. The van der Waals surface area contributed by atoms with Crippen LogP contribution >= 0.6 is 34.4 Å². The van der Waals surface area contributed by atoms with Gasteiger partial charge in [0, 0.05) is 47.5 Å². The molecule has 0 amide bonds. The smallest absolute Gasteiger partial charge is 0.352 e. The number of carbonyl (C=O) groups is 1. The Kier molecular flexibility index (Phi) is 4.75. The van der Waals surface area contributed by atoms with Crippen molar-refractivity contribution in [1.82, 2.24) is 9.47 Å². The zero-order valence-corrected chi connectivity index (χ0v) is 12.4. The minimum absolute atomic E-state index is 0.390. The minimum Gasteiger partial charge on any atom is -0.477 e. The second-order valence-corrected chi connectivity index (χ2v) is 6.47. The Morgan fingerprint density at radius 2 is 2.12 bits per heavy atom. The maximum absolute atomic E-state index is 11.0. The molecule has 0 saturated carbocycles. The van der Waals surface area contributed by atoms with Gasteiger partial charge in [-0.2, -0.15) is 11.8 Å². The quantitative estimate of drug-likeness (QED) is 0.827. The molecule has 4 nitrogen and oxygen atoms in total. The minimum atomic E-state index is -0.845. The Morgan fingerprint density at radius 3 is 2.76 bits per heavy atom. The summed E-state index contributed by atoms with van der Waals surface area (Å²) in [6.45, 7) is 3.93. The standard InChI is InChI=1S/C11H15IN2O2S/c12-9-7-10(11(15)16)14(8-9)2-1-13-3-5-17-6-4-13/h7-8H,1-6H2,(H,15,16). The molecular formula is C11H15IN2O2S. The second-order valence-electron chi connectivity index (χ2n) is 4.00. The molecule has 1 aliphatic heterocycles. The average molecular weight is 366 g/mol. The van der Waals surface area contributed by atoms with Crippen LogP contribution < -0.4 is 0 Å². The van der Waals surface area contributed by atoms with Crippen molar-refractivity contribution in [2.24, 2.45) is 0 Å². The van der Waals surface area contributed by atoms with Crippen LogP contribution in [0.15, 0.2) is 12.3 Å². The molecule has 0 aliphatic carbocycles. The summed E-state index contributed by atoms with van der Waals surface area (Å²) >= 11 is 4.14. The van der Waals surface area contributed by atoms with E-state index in [4.69, 9.17) is 5.11 Å². The molecule has 6 heteroatoms. The van der Waals surface area contributed by atoms with Gasteiger partial charge in [0.25, 0.3) is 0 Å². The Bertz CT molecular complexity index is 402. The van der Waals surface area contributed by atoms with Gasteiger partial charge in [-0.1, -0.05) is 0 Å². The van der Waals surface area contributed by atoms with Crippen molar-refractivity contribution in [2.45, 2.75) is 6.54 Å². The van der Waals surface area contributed by atoms with Crippen molar-refractivity contribution in [3.05, 3.63) is 21.5 Å². The van der Waals surface area contributed by atoms with Crippen molar-refractivity contribution in [2.75, 3.05) is 31.1 Å². The Hall–Kier alpha value is -0.210. The van der Waals surface area contributed by atoms with Gasteiger partial charge in [0.2, 0.25) is 0 Å². The second kappa shape index (κ2) is 6.10. The number of hydrogen-bond donors (Lipinski definition) is 1. The van der Waals surface area contributed by atoms with E-state index in [1.54, 1.807) is 6.07 Å². The van der Waals surface area contributed by atoms with Gasteiger partial charge < -0.3 is 9.67 Å². The molecule has 0 spiro atoms. The maximum atomic E-state index is 11.0. The molecule has 1 fully saturated rings. The summed E-state index contributed by atoms with van der Waals surface area (Å²) in [6, 6.07) is 1.72. The van der Waals surface area contributed by atoms with Crippen molar-refractivity contribution in [3.63, 3.8) is 0 Å². The number of carboxylic acids is 1. The highest BCUT2D eigenvalue weighted by molar-refractivity contribution is 14.1. The summed E-state index contributed by atoms with van der Waals surface area (Å²) in [5.74, 6) is 1.53. The van der Waals surface area contributed by atoms with Crippen LogP contribution in [0.5, 0.6) is 0 Å². The number of hydrogen-bond acceptors (Lipinski definition) is 3. The van der Waals surface area contributed by atoms with E-state index < -0.39 is 5.97 Å². The van der Waals surface area contributed by atoms with Crippen molar-refractivity contribution in [1.29, 1.82) is 0 Å². The normalized spacial score (nSPS) is 17.2. The summed E-state index contributed by atoms with van der Waals surface area (Å²) in [5.41, 5.74) is 0.390. The van der Waals surface area contributed by atoms with E-state index in [9.17, 15) is 4.79 Å². The van der Waals surface area contributed by atoms with Gasteiger partial charge in [-0.25, -0.2) is 4.79 Å². The lowest BCUT2D eigenvalue weighted by Crippen LogP contribution is -2.35. The number of carboxylic acid groups (broad SMARTS) is 1. The van der Waals surface area contributed by atoms with E-state index in [2.05, 4.69) is 27.5 Å².